The van der Waals surface area contributed by atoms with Crippen LogP contribution in [0.15, 0.2) is 11.4 Å². The van der Waals surface area contributed by atoms with Gasteiger partial charge in [0.15, 0.2) is 0 Å². The molecule has 1 heterocycles. The van der Waals surface area contributed by atoms with Crippen molar-refractivity contribution in [1.29, 1.82) is 0 Å². The van der Waals surface area contributed by atoms with Gasteiger partial charge in [-0.25, -0.2) is 13.4 Å². The molecule has 0 aliphatic heterocycles. The Kier molecular flexibility index (Phi) is 7.52. The third-order valence-corrected chi connectivity index (χ3v) is 6.69. The maximum absolute atomic E-state index is 12.4. The van der Waals surface area contributed by atoms with Crippen LogP contribution in [0.1, 0.15) is 64.5 Å². The van der Waals surface area contributed by atoms with E-state index >= 15 is 0 Å². The largest absolute Gasteiger partial charge is 0.318 e. The first kappa shape index (κ1) is 20.0. The molecule has 0 N–H and O–H groups in total. The van der Waals surface area contributed by atoms with Gasteiger partial charge in [-0.2, -0.15) is 0 Å². The number of hydrogen-bond donors (Lipinski definition) is 0. The fourth-order valence-corrected chi connectivity index (χ4v) is 4.55. The van der Waals surface area contributed by atoms with Crippen LogP contribution in [-0.2, 0) is 22.9 Å². The number of imidazole rings is 1. The first-order chi connectivity index (χ1) is 12.0. The zero-order chi connectivity index (χ0) is 18.3. The van der Waals surface area contributed by atoms with E-state index in [1.165, 1.54) is 32.1 Å². The van der Waals surface area contributed by atoms with E-state index in [9.17, 15) is 8.42 Å². The monoisotopic (exact) mass is 365 g/mol. The summed E-state index contributed by atoms with van der Waals surface area (Å²) in [6.45, 7) is 5.73. The van der Waals surface area contributed by atoms with E-state index in [-0.39, 0.29) is 10.9 Å². The Balaban J connectivity index is 2.28. The van der Waals surface area contributed by atoms with E-state index in [4.69, 9.17) is 6.42 Å². The Morgan fingerprint density at radius 3 is 2.64 bits per heavy atom. The smallest absolute Gasteiger partial charge is 0.227 e. The van der Waals surface area contributed by atoms with Crippen LogP contribution in [0.2, 0.25) is 0 Å². The molecule has 0 amide bonds. The predicted octanol–water partition coefficient (Wildman–Crippen LogP) is 3.24. The van der Waals surface area contributed by atoms with E-state index in [0.29, 0.717) is 25.7 Å². The lowest BCUT2D eigenvalue weighted by atomic mass is 9.94. The zero-order valence-corrected chi connectivity index (χ0v) is 16.4. The summed E-state index contributed by atoms with van der Waals surface area (Å²) in [4.78, 5) is 6.59. The molecular formula is C19H31N3O2S. The lowest BCUT2D eigenvalue weighted by Gasteiger charge is -2.33. The van der Waals surface area contributed by atoms with Crippen molar-refractivity contribution in [2.24, 2.45) is 0 Å². The molecule has 0 saturated heterocycles. The van der Waals surface area contributed by atoms with Crippen molar-refractivity contribution >= 4 is 9.84 Å². The van der Waals surface area contributed by atoms with Gasteiger partial charge in [0.05, 0.1) is 24.2 Å². The van der Waals surface area contributed by atoms with E-state index < -0.39 is 9.84 Å². The van der Waals surface area contributed by atoms with E-state index in [0.717, 1.165) is 18.5 Å². The highest BCUT2D eigenvalue weighted by molar-refractivity contribution is 7.91. The lowest BCUT2D eigenvalue weighted by Crippen LogP contribution is -2.37. The average molecular weight is 366 g/mol. The molecule has 1 aliphatic rings. The van der Waals surface area contributed by atoms with Crippen LogP contribution in [0.4, 0.5) is 0 Å². The van der Waals surface area contributed by atoms with Crippen molar-refractivity contribution in [2.45, 2.75) is 83.1 Å². The standard InChI is InChI=1S/C19H31N3O2S/c1-4-7-14-22-18(15-20-19(22)25(23,24)6-3)16-21(13-5-2)17-11-9-8-10-12-17/h2,15,17H,4,6-14,16H2,1,3H3. The second kappa shape index (κ2) is 9.40. The predicted molar refractivity (Wildman–Crippen MR) is 101 cm³/mol. The average Bonchev–Trinajstić information content (AvgIpc) is 3.03. The van der Waals surface area contributed by atoms with E-state index in [1.807, 2.05) is 4.57 Å². The third kappa shape index (κ3) is 5.08. The van der Waals surface area contributed by atoms with Crippen LogP contribution in [0.25, 0.3) is 0 Å². The molecule has 1 aromatic heterocycles. The summed E-state index contributed by atoms with van der Waals surface area (Å²) >= 11 is 0. The van der Waals surface area contributed by atoms with Gasteiger partial charge in [0.25, 0.3) is 0 Å². The van der Waals surface area contributed by atoms with Crippen LogP contribution >= 0.6 is 0 Å². The van der Waals surface area contributed by atoms with Gasteiger partial charge >= 0.3 is 0 Å². The second-order valence-electron chi connectivity index (χ2n) is 6.84. The van der Waals surface area contributed by atoms with Gasteiger partial charge in [0.1, 0.15) is 0 Å². The number of nitrogens with zero attached hydrogens (tertiary/aromatic N) is 3. The summed E-state index contributed by atoms with van der Waals surface area (Å²) in [5.74, 6) is 2.85. The molecule has 0 bridgehead atoms. The molecule has 0 spiro atoms. The highest BCUT2D eigenvalue weighted by atomic mass is 32.2. The van der Waals surface area contributed by atoms with Crippen molar-refractivity contribution in [3.8, 4) is 12.3 Å². The Bertz CT molecular complexity index is 682. The summed E-state index contributed by atoms with van der Waals surface area (Å²) in [6, 6.07) is 0.491. The van der Waals surface area contributed by atoms with Crippen molar-refractivity contribution in [2.75, 3.05) is 12.3 Å². The number of aromatic nitrogens is 2. The highest BCUT2D eigenvalue weighted by Gasteiger charge is 2.25. The van der Waals surface area contributed by atoms with Gasteiger partial charge in [-0.1, -0.05) is 45.5 Å². The molecule has 0 atom stereocenters. The number of unbranched alkanes of at least 4 members (excludes halogenated alkanes) is 1. The number of rotatable bonds is 9. The Hall–Kier alpha value is -1.32. The summed E-state index contributed by atoms with van der Waals surface area (Å²) in [7, 11) is -3.32. The zero-order valence-electron chi connectivity index (χ0n) is 15.6. The first-order valence-electron chi connectivity index (χ1n) is 9.48. The van der Waals surface area contributed by atoms with Crippen molar-refractivity contribution < 1.29 is 8.42 Å². The van der Waals surface area contributed by atoms with Gasteiger partial charge < -0.3 is 4.57 Å². The lowest BCUT2D eigenvalue weighted by molar-refractivity contribution is 0.163. The van der Waals surface area contributed by atoms with Crippen molar-refractivity contribution in [1.82, 2.24) is 14.5 Å². The van der Waals surface area contributed by atoms with E-state index in [2.05, 4.69) is 22.7 Å². The minimum atomic E-state index is -3.32. The topological polar surface area (TPSA) is 55.2 Å². The van der Waals surface area contributed by atoms with Gasteiger partial charge in [0, 0.05) is 19.1 Å². The minimum Gasteiger partial charge on any atom is -0.318 e. The SMILES string of the molecule is C#CCN(Cc1cnc(S(=O)(=O)CC)n1CCCC)C1CCCCC1. The summed E-state index contributed by atoms with van der Waals surface area (Å²) in [5, 5.41) is 0.211. The second-order valence-corrected chi connectivity index (χ2v) is 9.01. The Labute approximate surface area is 152 Å². The molecule has 1 aliphatic carbocycles. The Morgan fingerprint density at radius 1 is 1.32 bits per heavy atom. The summed E-state index contributed by atoms with van der Waals surface area (Å²) < 4.78 is 26.7. The van der Waals surface area contributed by atoms with Crippen LogP contribution < -0.4 is 0 Å². The molecule has 1 aromatic rings. The van der Waals surface area contributed by atoms with Crippen LogP contribution in [-0.4, -0.2) is 41.2 Å². The molecule has 1 fully saturated rings. The van der Waals surface area contributed by atoms with Gasteiger partial charge in [-0.3, -0.25) is 4.90 Å². The highest BCUT2D eigenvalue weighted by Crippen LogP contribution is 2.25. The van der Waals surface area contributed by atoms with E-state index in [1.54, 1.807) is 13.1 Å². The molecule has 140 valence electrons. The number of hydrogen-bond acceptors (Lipinski definition) is 4. The molecule has 2 rings (SSSR count). The molecule has 0 aromatic carbocycles. The quantitative estimate of drug-likeness (QED) is 0.631. The third-order valence-electron chi connectivity index (χ3n) is 5.05. The van der Waals surface area contributed by atoms with Crippen LogP contribution in [0.3, 0.4) is 0 Å². The summed E-state index contributed by atoms with van der Waals surface area (Å²) in [5.41, 5.74) is 0.960. The van der Waals surface area contributed by atoms with Gasteiger partial charge in [0.2, 0.25) is 15.0 Å². The minimum absolute atomic E-state index is 0.0757. The fourth-order valence-electron chi connectivity index (χ4n) is 3.54. The van der Waals surface area contributed by atoms with Crippen molar-refractivity contribution in [3.63, 3.8) is 0 Å². The maximum Gasteiger partial charge on any atom is 0.227 e. The molecular weight excluding hydrogens is 334 g/mol. The van der Waals surface area contributed by atoms with Gasteiger partial charge in [-0.15, -0.1) is 6.42 Å². The molecule has 6 heteroatoms. The molecule has 0 unspecified atom stereocenters. The summed E-state index contributed by atoms with van der Waals surface area (Å²) in [6.07, 6.45) is 15.4. The molecule has 1 saturated carbocycles. The van der Waals surface area contributed by atoms with Gasteiger partial charge in [-0.05, 0) is 19.3 Å². The molecule has 25 heavy (non-hydrogen) atoms. The first-order valence-corrected chi connectivity index (χ1v) is 11.1. The molecule has 0 radical (unpaired) electrons. The van der Waals surface area contributed by atoms with Crippen molar-refractivity contribution in [3.05, 3.63) is 11.9 Å². The number of terminal acetylenes is 1. The van der Waals surface area contributed by atoms with Crippen LogP contribution in [0, 0.1) is 12.3 Å². The maximum atomic E-state index is 12.4. The number of sulfone groups is 1. The molecule has 5 nitrogen and oxygen atoms in total. The Morgan fingerprint density at radius 2 is 2.04 bits per heavy atom. The normalized spacial score (nSPS) is 16.2. The fraction of sp³-hybridized carbons (Fsp3) is 0.737. The van der Waals surface area contributed by atoms with Crippen LogP contribution in [0.5, 0.6) is 0 Å².